The maximum Gasteiger partial charge on any atom is 0.410 e. The van der Waals surface area contributed by atoms with Crippen molar-refractivity contribution in [1.82, 2.24) is 9.80 Å². The second kappa shape index (κ2) is 7.83. The molecule has 0 radical (unpaired) electrons. The second-order valence-corrected chi connectivity index (χ2v) is 8.27. The first-order valence-corrected chi connectivity index (χ1v) is 9.10. The predicted octanol–water partition coefficient (Wildman–Crippen LogP) is 4.07. The minimum Gasteiger partial charge on any atom is -0.444 e. The van der Waals surface area contributed by atoms with E-state index in [1.165, 1.54) is 6.07 Å². The quantitative estimate of drug-likeness (QED) is 0.766. The highest BCUT2D eigenvalue weighted by Gasteiger charge is 2.30. The van der Waals surface area contributed by atoms with Crippen molar-refractivity contribution >= 4 is 22.0 Å². The molecule has 1 aromatic carbocycles. The molecular weight excluding hydrogens is 375 g/mol. The molecule has 1 aliphatic rings. The van der Waals surface area contributed by atoms with Gasteiger partial charge in [-0.25, -0.2) is 9.18 Å². The van der Waals surface area contributed by atoms with Crippen molar-refractivity contribution in [3.05, 3.63) is 34.1 Å². The third-order valence-electron chi connectivity index (χ3n) is 3.98. The van der Waals surface area contributed by atoms with Crippen LogP contribution in [0.1, 0.15) is 33.3 Å². The zero-order valence-corrected chi connectivity index (χ0v) is 16.4. The summed E-state index contributed by atoms with van der Waals surface area (Å²) in [6.45, 7) is 10.8. The van der Waals surface area contributed by atoms with E-state index >= 15 is 0 Å². The fourth-order valence-electron chi connectivity index (χ4n) is 2.87. The predicted molar refractivity (Wildman–Crippen MR) is 96.6 cm³/mol. The molecule has 0 spiro atoms. The maximum absolute atomic E-state index is 13.4. The average Bonchev–Trinajstić information content (AvgIpc) is 2.42. The van der Waals surface area contributed by atoms with Gasteiger partial charge in [0.15, 0.2) is 0 Å². The van der Waals surface area contributed by atoms with E-state index < -0.39 is 5.60 Å². The van der Waals surface area contributed by atoms with Crippen LogP contribution in [0.5, 0.6) is 0 Å². The molecule has 1 amide bonds. The Kier molecular flexibility index (Phi) is 6.26. The van der Waals surface area contributed by atoms with Gasteiger partial charge >= 0.3 is 6.09 Å². The summed E-state index contributed by atoms with van der Waals surface area (Å²) in [7, 11) is 0. The van der Waals surface area contributed by atoms with Gasteiger partial charge in [-0.05, 0) is 57.9 Å². The van der Waals surface area contributed by atoms with Gasteiger partial charge in [-0.15, -0.1) is 0 Å². The number of nitrogens with zero attached hydrogens (tertiary/aromatic N) is 2. The van der Waals surface area contributed by atoms with E-state index in [2.05, 4.69) is 20.8 Å². The number of amides is 1. The zero-order chi connectivity index (χ0) is 17.9. The number of hydrogen-bond donors (Lipinski definition) is 0. The van der Waals surface area contributed by atoms with Crippen molar-refractivity contribution in [2.24, 2.45) is 0 Å². The minimum absolute atomic E-state index is 0.104. The number of carbonyl (C=O) groups excluding carboxylic acids is 1. The van der Waals surface area contributed by atoms with Crippen molar-refractivity contribution in [2.45, 2.75) is 45.8 Å². The van der Waals surface area contributed by atoms with Crippen LogP contribution in [-0.4, -0.2) is 53.7 Å². The second-order valence-electron chi connectivity index (χ2n) is 7.35. The zero-order valence-electron chi connectivity index (χ0n) is 14.8. The van der Waals surface area contributed by atoms with E-state index in [4.69, 9.17) is 4.74 Å². The Morgan fingerprint density at radius 1 is 1.33 bits per heavy atom. The first-order chi connectivity index (χ1) is 11.1. The summed E-state index contributed by atoms with van der Waals surface area (Å²) in [5, 5.41) is 0. The topological polar surface area (TPSA) is 32.8 Å². The van der Waals surface area contributed by atoms with Gasteiger partial charge < -0.3 is 9.64 Å². The van der Waals surface area contributed by atoms with Crippen molar-refractivity contribution in [3.8, 4) is 0 Å². The lowest BCUT2D eigenvalue weighted by Gasteiger charge is -2.40. The minimum atomic E-state index is -0.474. The third-order valence-corrected chi connectivity index (χ3v) is 4.44. The Morgan fingerprint density at radius 2 is 2.04 bits per heavy atom. The van der Waals surface area contributed by atoms with Gasteiger partial charge in [0.05, 0.1) is 0 Å². The summed E-state index contributed by atoms with van der Waals surface area (Å²) in [5.41, 5.74) is 0.503. The molecule has 134 valence electrons. The van der Waals surface area contributed by atoms with E-state index in [9.17, 15) is 9.18 Å². The monoisotopic (exact) mass is 400 g/mol. The fourth-order valence-corrected chi connectivity index (χ4v) is 3.38. The molecule has 1 aromatic rings. The largest absolute Gasteiger partial charge is 0.444 e. The van der Waals surface area contributed by atoms with Gasteiger partial charge in [0, 0.05) is 36.7 Å². The molecule has 1 heterocycles. The molecule has 24 heavy (non-hydrogen) atoms. The van der Waals surface area contributed by atoms with Gasteiger partial charge in [-0.3, -0.25) is 4.90 Å². The molecule has 1 aliphatic heterocycles. The number of ether oxygens (including phenoxy) is 1. The molecule has 2 rings (SSSR count). The molecule has 0 saturated carbocycles. The van der Waals surface area contributed by atoms with E-state index in [1.54, 1.807) is 11.0 Å². The Labute approximate surface area is 152 Å². The van der Waals surface area contributed by atoms with Crippen LogP contribution in [0, 0.1) is 5.82 Å². The SMILES string of the molecule is C[C@H]1CN(CCc2cc(F)cc(Br)c2)CCN1C(=O)OC(C)(C)C. The number of halogens is 2. The van der Waals surface area contributed by atoms with E-state index in [-0.39, 0.29) is 18.0 Å². The molecule has 0 bridgehead atoms. The van der Waals surface area contributed by atoms with Gasteiger partial charge in [0.25, 0.3) is 0 Å². The smallest absolute Gasteiger partial charge is 0.410 e. The van der Waals surface area contributed by atoms with Crippen molar-refractivity contribution in [3.63, 3.8) is 0 Å². The first-order valence-electron chi connectivity index (χ1n) is 8.31. The van der Waals surface area contributed by atoms with Crippen LogP contribution in [0.15, 0.2) is 22.7 Å². The summed E-state index contributed by atoms with van der Waals surface area (Å²) in [5.74, 6) is -0.220. The number of rotatable bonds is 3. The van der Waals surface area contributed by atoms with Crippen LogP contribution in [0.25, 0.3) is 0 Å². The standard InChI is InChI=1S/C18H26BrFN2O2/c1-13-12-21(6-5-14-9-15(19)11-16(20)10-14)7-8-22(13)17(23)24-18(2,3)4/h9-11,13H,5-8,12H2,1-4H3/t13-/m0/s1. The number of piperazine rings is 1. The molecule has 1 atom stereocenters. The van der Waals surface area contributed by atoms with Gasteiger partial charge in [-0.1, -0.05) is 15.9 Å². The highest BCUT2D eigenvalue weighted by molar-refractivity contribution is 9.10. The van der Waals surface area contributed by atoms with Crippen LogP contribution in [0.4, 0.5) is 9.18 Å². The molecule has 0 N–H and O–H groups in total. The Morgan fingerprint density at radius 3 is 2.62 bits per heavy atom. The normalized spacial score (nSPS) is 19.4. The summed E-state index contributed by atoms with van der Waals surface area (Å²) < 4.78 is 19.7. The molecule has 6 heteroatoms. The van der Waals surface area contributed by atoms with Crippen LogP contribution in [0.2, 0.25) is 0 Å². The molecule has 4 nitrogen and oxygen atoms in total. The summed E-state index contributed by atoms with van der Waals surface area (Å²) in [6.07, 6.45) is 0.541. The molecule has 1 saturated heterocycles. The molecular formula is C18H26BrFN2O2. The van der Waals surface area contributed by atoms with Crippen LogP contribution in [-0.2, 0) is 11.2 Å². The van der Waals surface area contributed by atoms with Crippen LogP contribution >= 0.6 is 15.9 Å². The summed E-state index contributed by atoms with van der Waals surface area (Å²) >= 11 is 3.32. The van der Waals surface area contributed by atoms with E-state index in [0.29, 0.717) is 6.54 Å². The lowest BCUT2D eigenvalue weighted by Crippen LogP contribution is -2.55. The highest BCUT2D eigenvalue weighted by Crippen LogP contribution is 2.18. The third kappa shape index (κ3) is 5.74. The number of carbonyl (C=O) groups is 1. The Balaban J connectivity index is 1.85. The van der Waals surface area contributed by atoms with Crippen LogP contribution in [0.3, 0.4) is 0 Å². The van der Waals surface area contributed by atoms with E-state index in [1.807, 2.05) is 33.8 Å². The van der Waals surface area contributed by atoms with Crippen molar-refractivity contribution < 1.29 is 13.9 Å². The van der Waals surface area contributed by atoms with Gasteiger partial charge in [0.1, 0.15) is 11.4 Å². The number of benzene rings is 1. The Hall–Kier alpha value is -1.14. The van der Waals surface area contributed by atoms with Gasteiger partial charge in [0.2, 0.25) is 0 Å². The van der Waals surface area contributed by atoms with Crippen LogP contribution < -0.4 is 0 Å². The lowest BCUT2D eigenvalue weighted by atomic mass is 10.1. The average molecular weight is 401 g/mol. The first kappa shape index (κ1) is 19.2. The summed E-state index contributed by atoms with van der Waals surface area (Å²) in [4.78, 5) is 16.3. The van der Waals surface area contributed by atoms with Crippen molar-refractivity contribution in [2.75, 3.05) is 26.2 Å². The lowest BCUT2D eigenvalue weighted by molar-refractivity contribution is 0.00162. The van der Waals surface area contributed by atoms with Gasteiger partial charge in [-0.2, -0.15) is 0 Å². The molecule has 0 aromatic heterocycles. The molecule has 1 fully saturated rings. The fraction of sp³-hybridized carbons (Fsp3) is 0.611. The summed E-state index contributed by atoms with van der Waals surface area (Å²) in [6, 6.07) is 5.09. The number of hydrogen-bond acceptors (Lipinski definition) is 3. The molecule has 0 unspecified atom stereocenters. The highest BCUT2D eigenvalue weighted by atomic mass is 79.9. The van der Waals surface area contributed by atoms with E-state index in [0.717, 1.165) is 36.1 Å². The Bertz CT molecular complexity index is 569. The maximum atomic E-state index is 13.4. The molecule has 0 aliphatic carbocycles. The van der Waals surface area contributed by atoms with Crippen molar-refractivity contribution in [1.29, 1.82) is 0 Å².